The summed E-state index contributed by atoms with van der Waals surface area (Å²) in [5, 5.41) is 0. The van der Waals surface area contributed by atoms with Crippen LogP contribution in [0.25, 0.3) is 0 Å². The normalized spacial score (nSPS) is 19.3. The van der Waals surface area contributed by atoms with Gasteiger partial charge >= 0.3 is 0 Å². The van der Waals surface area contributed by atoms with E-state index in [0.29, 0.717) is 11.8 Å². The topological polar surface area (TPSA) is 20.3 Å². The Morgan fingerprint density at radius 2 is 1.79 bits per heavy atom. The molecule has 3 heteroatoms. The van der Waals surface area contributed by atoms with Crippen molar-refractivity contribution in [1.29, 1.82) is 0 Å². The number of hydrogen-bond acceptors (Lipinski definition) is 2. The summed E-state index contributed by atoms with van der Waals surface area (Å²) >= 11 is 3.39. The number of rotatable bonds is 4. The molecule has 0 atom stereocenters. The highest BCUT2D eigenvalue weighted by Gasteiger charge is 2.25. The van der Waals surface area contributed by atoms with Gasteiger partial charge in [0.1, 0.15) is 0 Å². The molecule has 2 rings (SSSR count). The summed E-state index contributed by atoms with van der Waals surface area (Å²) in [7, 11) is 0. The Hall–Kier alpha value is -0.670. The monoisotopic (exact) mass is 323 g/mol. The van der Waals surface area contributed by atoms with E-state index >= 15 is 0 Å². The molecule has 1 saturated heterocycles. The number of carbonyl (C=O) groups excluding carboxylic acids is 1. The van der Waals surface area contributed by atoms with Crippen molar-refractivity contribution in [3.8, 4) is 0 Å². The molecule has 0 aromatic heterocycles. The van der Waals surface area contributed by atoms with Crippen LogP contribution < -0.4 is 0 Å². The molecule has 0 saturated carbocycles. The molecule has 0 aliphatic carbocycles. The molecule has 1 fully saturated rings. The van der Waals surface area contributed by atoms with Gasteiger partial charge in [0.05, 0.1) is 0 Å². The highest BCUT2D eigenvalue weighted by Crippen LogP contribution is 2.29. The van der Waals surface area contributed by atoms with Gasteiger partial charge in [0, 0.05) is 23.0 Å². The fourth-order valence-electron chi connectivity index (χ4n) is 2.42. The quantitative estimate of drug-likeness (QED) is 0.776. The Labute approximate surface area is 124 Å². The van der Waals surface area contributed by atoms with Gasteiger partial charge in [-0.15, -0.1) is 0 Å². The maximum atomic E-state index is 12.1. The van der Waals surface area contributed by atoms with E-state index in [0.717, 1.165) is 29.7 Å². The number of piperidine rings is 1. The number of carbonyl (C=O) groups is 1. The molecule has 1 aliphatic rings. The molecular weight excluding hydrogens is 302 g/mol. The Kier molecular flexibility index (Phi) is 4.80. The van der Waals surface area contributed by atoms with E-state index in [2.05, 4.69) is 34.7 Å². The molecule has 0 amide bonds. The predicted molar refractivity (Wildman–Crippen MR) is 82.5 cm³/mol. The van der Waals surface area contributed by atoms with Crippen molar-refractivity contribution in [2.75, 3.05) is 19.6 Å². The second-order valence-electron chi connectivity index (χ2n) is 6.19. The lowest BCUT2D eigenvalue weighted by molar-refractivity contribution is 0.0927. The first-order chi connectivity index (χ1) is 8.96. The van der Waals surface area contributed by atoms with E-state index in [4.69, 9.17) is 0 Å². The average Bonchev–Trinajstić information content (AvgIpc) is 2.38. The summed E-state index contributed by atoms with van der Waals surface area (Å²) in [5.74, 6) is 0.248. The van der Waals surface area contributed by atoms with Crippen LogP contribution in [0.1, 0.15) is 43.5 Å². The van der Waals surface area contributed by atoms with Crippen LogP contribution >= 0.6 is 15.9 Å². The molecule has 1 heterocycles. The van der Waals surface area contributed by atoms with Crippen LogP contribution in [0.4, 0.5) is 0 Å². The number of benzene rings is 1. The number of nitrogens with zero attached hydrogens (tertiary/aromatic N) is 1. The number of hydrogen-bond donors (Lipinski definition) is 0. The summed E-state index contributed by atoms with van der Waals surface area (Å²) < 4.78 is 1.02. The molecule has 0 radical (unpaired) electrons. The fourth-order valence-corrected chi connectivity index (χ4v) is 2.69. The van der Waals surface area contributed by atoms with Crippen LogP contribution in [-0.2, 0) is 0 Å². The minimum absolute atomic E-state index is 0.248. The number of Topliss-reactive ketones (excluding diaryl/α,β-unsaturated/α-hetero) is 1. The molecule has 2 nitrogen and oxygen atoms in total. The van der Waals surface area contributed by atoms with Crippen molar-refractivity contribution in [1.82, 2.24) is 4.90 Å². The summed E-state index contributed by atoms with van der Waals surface area (Å²) in [4.78, 5) is 14.5. The van der Waals surface area contributed by atoms with Gasteiger partial charge in [-0.05, 0) is 43.5 Å². The van der Waals surface area contributed by atoms with Gasteiger partial charge in [-0.1, -0.05) is 41.9 Å². The first-order valence-electron chi connectivity index (χ1n) is 6.97. The van der Waals surface area contributed by atoms with Gasteiger partial charge in [-0.25, -0.2) is 0 Å². The van der Waals surface area contributed by atoms with Crippen LogP contribution in [0.3, 0.4) is 0 Å². The van der Waals surface area contributed by atoms with E-state index in [1.807, 2.05) is 24.3 Å². The van der Waals surface area contributed by atoms with Crippen LogP contribution in [-0.4, -0.2) is 30.3 Å². The lowest BCUT2D eigenvalue weighted by Crippen LogP contribution is -2.38. The largest absolute Gasteiger partial charge is 0.303 e. The summed E-state index contributed by atoms with van der Waals surface area (Å²) in [5.41, 5.74) is 1.30. The van der Waals surface area contributed by atoms with Crippen molar-refractivity contribution in [2.24, 2.45) is 5.41 Å². The lowest BCUT2D eigenvalue weighted by atomic mass is 9.82. The van der Waals surface area contributed by atoms with Crippen LogP contribution in [0.15, 0.2) is 28.7 Å². The van der Waals surface area contributed by atoms with E-state index in [1.165, 1.54) is 12.8 Å². The predicted octanol–water partition coefficient (Wildman–Crippen LogP) is 4.14. The number of likely N-dealkylation sites (tertiary alicyclic amines) is 1. The smallest absolute Gasteiger partial charge is 0.164 e. The van der Waals surface area contributed by atoms with Gasteiger partial charge in [-0.3, -0.25) is 4.79 Å². The Morgan fingerprint density at radius 1 is 1.21 bits per heavy atom. The molecule has 1 aliphatic heterocycles. The lowest BCUT2D eigenvalue weighted by Gasteiger charge is -2.36. The van der Waals surface area contributed by atoms with Crippen molar-refractivity contribution in [2.45, 2.75) is 33.1 Å². The van der Waals surface area contributed by atoms with Gasteiger partial charge < -0.3 is 4.90 Å². The van der Waals surface area contributed by atoms with E-state index in [1.54, 1.807) is 0 Å². The SMILES string of the molecule is CC1(C)CCN(CCC(=O)c2ccc(Br)cc2)CC1. The second kappa shape index (κ2) is 6.19. The minimum atomic E-state index is 0.248. The van der Waals surface area contributed by atoms with E-state index in [9.17, 15) is 4.79 Å². The van der Waals surface area contributed by atoms with Crippen molar-refractivity contribution in [3.05, 3.63) is 34.3 Å². The van der Waals surface area contributed by atoms with Crippen LogP contribution in [0.5, 0.6) is 0 Å². The van der Waals surface area contributed by atoms with Gasteiger partial charge in [0.25, 0.3) is 0 Å². The molecule has 1 aromatic carbocycles. The van der Waals surface area contributed by atoms with Crippen LogP contribution in [0, 0.1) is 5.41 Å². The Bertz CT molecular complexity index is 429. The standard InChI is InChI=1S/C16H22BrNO/c1-16(2)8-11-18(12-9-16)10-7-15(19)13-3-5-14(17)6-4-13/h3-6H,7-12H2,1-2H3. The zero-order valence-electron chi connectivity index (χ0n) is 11.8. The van der Waals surface area contributed by atoms with E-state index in [-0.39, 0.29) is 5.78 Å². The summed E-state index contributed by atoms with van der Waals surface area (Å²) in [6, 6.07) is 7.64. The third-order valence-electron chi connectivity index (χ3n) is 4.03. The molecule has 1 aromatic rings. The number of ketones is 1. The third-order valence-corrected chi connectivity index (χ3v) is 4.56. The Balaban J connectivity index is 1.80. The average molecular weight is 324 g/mol. The van der Waals surface area contributed by atoms with Gasteiger partial charge in [0.15, 0.2) is 5.78 Å². The Morgan fingerprint density at radius 3 is 2.37 bits per heavy atom. The molecule has 0 N–H and O–H groups in total. The highest BCUT2D eigenvalue weighted by atomic mass is 79.9. The van der Waals surface area contributed by atoms with Crippen molar-refractivity contribution < 1.29 is 4.79 Å². The number of halogens is 1. The van der Waals surface area contributed by atoms with Crippen molar-refractivity contribution >= 4 is 21.7 Å². The fraction of sp³-hybridized carbons (Fsp3) is 0.562. The second-order valence-corrected chi connectivity index (χ2v) is 7.10. The van der Waals surface area contributed by atoms with Gasteiger partial charge in [-0.2, -0.15) is 0 Å². The molecule has 19 heavy (non-hydrogen) atoms. The zero-order chi connectivity index (χ0) is 13.9. The minimum Gasteiger partial charge on any atom is -0.303 e. The van der Waals surface area contributed by atoms with Crippen molar-refractivity contribution in [3.63, 3.8) is 0 Å². The highest BCUT2D eigenvalue weighted by molar-refractivity contribution is 9.10. The van der Waals surface area contributed by atoms with E-state index < -0.39 is 0 Å². The molecule has 0 bridgehead atoms. The zero-order valence-corrected chi connectivity index (χ0v) is 13.4. The molecular formula is C16H22BrNO. The first-order valence-corrected chi connectivity index (χ1v) is 7.77. The van der Waals surface area contributed by atoms with Gasteiger partial charge in [0.2, 0.25) is 0 Å². The molecule has 0 spiro atoms. The third kappa shape index (κ3) is 4.43. The first kappa shape index (κ1) is 14.7. The molecule has 0 unspecified atom stereocenters. The molecule has 104 valence electrons. The van der Waals surface area contributed by atoms with Crippen LogP contribution in [0.2, 0.25) is 0 Å². The summed E-state index contributed by atoms with van der Waals surface area (Å²) in [6.45, 7) is 7.81. The summed E-state index contributed by atoms with van der Waals surface area (Å²) in [6.07, 6.45) is 3.10. The maximum Gasteiger partial charge on any atom is 0.164 e. The maximum absolute atomic E-state index is 12.1.